The summed E-state index contributed by atoms with van der Waals surface area (Å²) in [5.41, 5.74) is 6.60. The van der Waals surface area contributed by atoms with E-state index in [1.165, 1.54) is 5.52 Å². The van der Waals surface area contributed by atoms with Crippen molar-refractivity contribution in [1.29, 1.82) is 0 Å². The van der Waals surface area contributed by atoms with Gasteiger partial charge in [-0.05, 0) is 42.8 Å². The van der Waals surface area contributed by atoms with Gasteiger partial charge in [-0.25, -0.2) is 5.43 Å². The van der Waals surface area contributed by atoms with E-state index in [1.807, 2.05) is 54.6 Å². The lowest BCUT2D eigenvalue weighted by Gasteiger charge is -2.03. The van der Waals surface area contributed by atoms with Gasteiger partial charge in [0.2, 0.25) is 0 Å². The molecule has 0 unspecified atom stereocenters. The summed E-state index contributed by atoms with van der Waals surface area (Å²) in [6, 6.07) is 21.9. The third kappa shape index (κ3) is 3.10. The molecule has 27 heavy (non-hydrogen) atoms. The molecule has 0 radical (unpaired) electrons. The number of amides is 1. The number of hydrogen-bond acceptors (Lipinski definition) is 2. The van der Waals surface area contributed by atoms with Crippen molar-refractivity contribution in [3.05, 3.63) is 83.6 Å². The Labute approximate surface area is 158 Å². The number of benzene rings is 3. The van der Waals surface area contributed by atoms with E-state index in [9.17, 15) is 4.79 Å². The van der Waals surface area contributed by atoms with Gasteiger partial charge in [0.1, 0.15) is 0 Å². The molecule has 0 aliphatic heterocycles. The van der Waals surface area contributed by atoms with Crippen LogP contribution in [0.25, 0.3) is 21.7 Å². The number of nitrogens with one attached hydrogen (secondary N) is 1. The number of aromatic nitrogens is 1. The topological polar surface area (TPSA) is 46.4 Å². The minimum absolute atomic E-state index is 0.214. The molecule has 0 aliphatic carbocycles. The molecule has 0 aliphatic rings. The van der Waals surface area contributed by atoms with E-state index in [1.54, 1.807) is 6.21 Å². The second kappa shape index (κ2) is 7.08. The van der Waals surface area contributed by atoms with Gasteiger partial charge in [-0.1, -0.05) is 48.5 Å². The highest BCUT2D eigenvalue weighted by Gasteiger charge is 2.11. The lowest BCUT2D eigenvalue weighted by Crippen LogP contribution is -2.17. The first-order valence-corrected chi connectivity index (χ1v) is 9.09. The average Bonchev–Trinajstić information content (AvgIpc) is 2.98. The Balaban J connectivity index is 1.59. The SMILES string of the molecule is CCn1c(C)c(/C=N\NC(=O)c2ccc3ccccc3c2)c2ccccc21. The first kappa shape index (κ1) is 17.0. The van der Waals surface area contributed by atoms with Crippen molar-refractivity contribution in [2.24, 2.45) is 5.10 Å². The second-order valence-corrected chi connectivity index (χ2v) is 6.52. The first-order valence-electron chi connectivity index (χ1n) is 9.09. The van der Waals surface area contributed by atoms with Gasteiger partial charge in [-0.3, -0.25) is 4.79 Å². The molecule has 1 amide bonds. The summed E-state index contributed by atoms with van der Waals surface area (Å²) in [5, 5.41) is 7.51. The molecule has 0 saturated carbocycles. The van der Waals surface area contributed by atoms with Gasteiger partial charge in [0.05, 0.1) is 6.21 Å². The third-order valence-electron chi connectivity index (χ3n) is 4.97. The van der Waals surface area contributed by atoms with Gasteiger partial charge in [-0.2, -0.15) is 5.10 Å². The molecule has 1 N–H and O–H groups in total. The molecule has 1 aromatic heterocycles. The summed E-state index contributed by atoms with van der Waals surface area (Å²) < 4.78 is 2.25. The highest BCUT2D eigenvalue weighted by atomic mass is 16.2. The van der Waals surface area contributed by atoms with E-state index in [0.717, 1.165) is 34.0 Å². The van der Waals surface area contributed by atoms with E-state index >= 15 is 0 Å². The Hall–Kier alpha value is -3.40. The van der Waals surface area contributed by atoms with Crippen molar-refractivity contribution < 1.29 is 4.79 Å². The highest BCUT2D eigenvalue weighted by molar-refractivity contribution is 6.02. The van der Waals surface area contributed by atoms with E-state index in [0.29, 0.717) is 5.56 Å². The predicted octanol–water partition coefficient (Wildman–Crippen LogP) is 4.89. The molecule has 4 aromatic rings. The molecule has 0 fully saturated rings. The van der Waals surface area contributed by atoms with Crippen LogP contribution >= 0.6 is 0 Å². The Bertz CT molecular complexity index is 1170. The van der Waals surface area contributed by atoms with Crippen LogP contribution in [-0.2, 0) is 6.54 Å². The molecule has 0 saturated heterocycles. The monoisotopic (exact) mass is 355 g/mol. The summed E-state index contributed by atoms with van der Waals surface area (Å²) in [7, 11) is 0. The van der Waals surface area contributed by atoms with Gasteiger partial charge in [-0.15, -0.1) is 0 Å². The number of aryl methyl sites for hydroxylation is 1. The van der Waals surface area contributed by atoms with Crippen LogP contribution in [0.2, 0.25) is 0 Å². The van der Waals surface area contributed by atoms with Crippen LogP contribution in [0.15, 0.2) is 71.8 Å². The zero-order chi connectivity index (χ0) is 18.8. The quantitative estimate of drug-likeness (QED) is 0.411. The maximum Gasteiger partial charge on any atom is 0.271 e. The minimum atomic E-state index is -0.214. The molecule has 0 bridgehead atoms. The number of fused-ring (bicyclic) bond motifs is 2. The fourth-order valence-electron chi connectivity index (χ4n) is 3.58. The number of rotatable bonds is 4. The number of hydrogen-bond donors (Lipinski definition) is 1. The largest absolute Gasteiger partial charge is 0.344 e. The average molecular weight is 355 g/mol. The molecule has 4 rings (SSSR count). The van der Waals surface area contributed by atoms with Gasteiger partial charge in [0.15, 0.2) is 0 Å². The third-order valence-corrected chi connectivity index (χ3v) is 4.97. The Morgan fingerprint density at radius 3 is 2.59 bits per heavy atom. The number of carbonyl (C=O) groups excluding carboxylic acids is 1. The lowest BCUT2D eigenvalue weighted by molar-refractivity contribution is 0.0955. The van der Waals surface area contributed by atoms with Crippen molar-refractivity contribution in [2.45, 2.75) is 20.4 Å². The maximum atomic E-state index is 12.5. The van der Waals surface area contributed by atoms with Crippen LogP contribution < -0.4 is 5.43 Å². The normalized spacial score (nSPS) is 11.5. The molecular formula is C23H21N3O. The van der Waals surface area contributed by atoms with E-state index < -0.39 is 0 Å². The van der Waals surface area contributed by atoms with Gasteiger partial charge in [0, 0.05) is 34.3 Å². The van der Waals surface area contributed by atoms with Crippen molar-refractivity contribution in [2.75, 3.05) is 0 Å². The Morgan fingerprint density at radius 1 is 1.04 bits per heavy atom. The summed E-state index contributed by atoms with van der Waals surface area (Å²) in [4.78, 5) is 12.5. The Kier molecular flexibility index (Phi) is 4.47. The fourth-order valence-corrected chi connectivity index (χ4v) is 3.58. The van der Waals surface area contributed by atoms with Crippen LogP contribution in [0.5, 0.6) is 0 Å². The second-order valence-electron chi connectivity index (χ2n) is 6.52. The lowest BCUT2D eigenvalue weighted by atomic mass is 10.1. The van der Waals surface area contributed by atoms with Crippen LogP contribution in [0.1, 0.15) is 28.5 Å². The number of hydrazone groups is 1. The smallest absolute Gasteiger partial charge is 0.271 e. The molecule has 4 heteroatoms. The molecule has 1 heterocycles. The van der Waals surface area contributed by atoms with Crippen LogP contribution in [-0.4, -0.2) is 16.7 Å². The van der Waals surface area contributed by atoms with Crippen molar-refractivity contribution in [1.82, 2.24) is 9.99 Å². The van der Waals surface area contributed by atoms with Crippen LogP contribution in [0.4, 0.5) is 0 Å². The van der Waals surface area contributed by atoms with Crippen molar-refractivity contribution in [3.8, 4) is 0 Å². The Morgan fingerprint density at radius 2 is 1.78 bits per heavy atom. The maximum absolute atomic E-state index is 12.5. The summed E-state index contributed by atoms with van der Waals surface area (Å²) in [5.74, 6) is -0.214. The van der Waals surface area contributed by atoms with E-state index in [4.69, 9.17) is 0 Å². The molecule has 0 spiro atoms. The summed E-state index contributed by atoms with van der Waals surface area (Å²) in [6.45, 7) is 5.10. The zero-order valence-electron chi connectivity index (χ0n) is 15.4. The molecule has 4 nitrogen and oxygen atoms in total. The first-order chi connectivity index (χ1) is 13.2. The number of nitrogens with zero attached hydrogens (tertiary/aromatic N) is 2. The van der Waals surface area contributed by atoms with Crippen LogP contribution in [0.3, 0.4) is 0 Å². The predicted molar refractivity (Wildman–Crippen MR) is 111 cm³/mol. The molecular weight excluding hydrogens is 334 g/mol. The molecule has 3 aromatic carbocycles. The van der Waals surface area contributed by atoms with Gasteiger partial charge >= 0.3 is 0 Å². The standard InChI is InChI=1S/C23H21N3O/c1-3-26-16(2)21(20-10-6-7-11-22(20)26)15-24-25-23(27)19-13-12-17-8-4-5-9-18(17)14-19/h4-15H,3H2,1-2H3,(H,25,27)/b24-15-. The van der Waals surface area contributed by atoms with Gasteiger partial charge < -0.3 is 4.57 Å². The number of para-hydroxylation sites is 1. The van der Waals surface area contributed by atoms with E-state index in [2.05, 4.69) is 41.1 Å². The number of carbonyl (C=O) groups is 1. The van der Waals surface area contributed by atoms with Crippen molar-refractivity contribution >= 4 is 33.8 Å². The minimum Gasteiger partial charge on any atom is -0.344 e. The van der Waals surface area contributed by atoms with Crippen molar-refractivity contribution in [3.63, 3.8) is 0 Å². The zero-order valence-corrected chi connectivity index (χ0v) is 15.4. The van der Waals surface area contributed by atoms with Crippen LogP contribution in [0, 0.1) is 6.92 Å². The molecule has 0 atom stereocenters. The summed E-state index contributed by atoms with van der Waals surface area (Å²) in [6.07, 6.45) is 1.74. The fraction of sp³-hybridized carbons (Fsp3) is 0.130. The summed E-state index contributed by atoms with van der Waals surface area (Å²) >= 11 is 0. The molecule has 134 valence electrons. The van der Waals surface area contributed by atoms with Gasteiger partial charge in [0.25, 0.3) is 5.91 Å². The van der Waals surface area contributed by atoms with E-state index in [-0.39, 0.29) is 5.91 Å². The highest BCUT2D eigenvalue weighted by Crippen LogP contribution is 2.24.